The van der Waals surface area contributed by atoms with Crippen molar-refractivity contribution in [2.24, 2.45) is 0 Å². The summed E-state index contributed by atoms with van der Waals surface area (Å²) in [4.78, 5) is 7.06. The average molecular weight is 261 g/mol. The smallest absolute Gasteiger partial charge is 0.200 e. The molecule has 0 aliphatic heterocycles. The Bertz CT molecular complexity index is 510. The zero-order valence-corrected chi connectivity index (χ0v) is 11.1. The van der Waals surface area contributed by atoms with Crippen molar-refractivity contribution in [3.63, 3.8) is 0 Å². The number of rotatable bonds is 2. The molecule has 0 amide bonds. The van der Waals surface area contributed by atoms with Crippen LogP contribution in [0.2, 0.25) is 5.28 Å². The van der Waals surface area contributed by atoms with Gasteiger partial charge in [-0.2, -0.15) is 0 Å². The highest BCUT2D eigenvalue weighted by Crippen LogP contribution is 2.33. The molecule has 1 aromatic heterocycles. The van der Waals surface area contributed by atoms with Gasteiger partial charge >= 0.3 is 0 Å². The SMILES string of the molecule is Clc1ncc(-c2ccc(C3CCCCC3)cc2)[nH]1. The zero-order chi connectivity index (χ0) is 12.4. The van der Waals surface area contributed by atoms with Crippen LogP contribution in [0.3, 0.4) is 0 Å². The number of hydrogen-bond donors (Lipinski definition) is 1. The van der Waals surface area contributed by atoms with Gasteiger partial charge in [-0.25, -0.2) is 4.98 Å². The van der Waals surface area contributed by atoms with Gasteiger partial charge in [-0.1, -0.05) is 43.5 Å². The maximum atomic E-state index is 5.80. The predicted molar refractivity (Wildman–Crippen MR) is 74.9 cm³/mol. The van der Waals surface area contributed by atoms with Crippen molar-refractivity contribution in [3.05, 3.63) is 41.3 Å². The summed E-state index contributed by atoms with van der Waals surface area (Å²) in [5, 5.41) is 0.446. The van der Waals surface area contributed by atoms with Crippen molar-refractivity contribution in [2.75, 3.05) is 0 Å². The number of benzene rings is 1. The molecule has 1 N–H and O–H groups in total. The lowest BCUT2D eigenvalue weighted by Crippen LogP contribution is -2.04. The van der Waals surface area contributed by atoms with E-state index in [2.05, 4.69) is 34.2 Å². The molecule has 0 bridgehead atoms. The highest BCUT2D eigenvalue weighted by atomic mass is 35.5. The molecule has 1 aromatic carbocycles. The Morgan fingerprint density at radius 1 is 1.06 bits per heavy atom. The fourth-order valence-corrected chi connectivity index (χ4v) is 2.96. The molecular formula is C15H17ClN2. The monoisotopic (exact) mass is 260 g/mol. The van der Waals surface area contributed by atoms with E-state index >= 15 is 0 Å². The third-order valence-corrected chi connectivity index (χ3v) is 4.04. The summed E-state index contributed by atoms with van der Waals surface area (Å²) in [5.74, 6) is 0.762. The molecule has 0 spiro atoms. The quantitative estimate of drug-likeness (QED) is 0.827. The second-order valence-corrected chi connectivity index (χ2v) is 5.40. The standard InChI is InChI=1S/C15H17ClN2/c16-15-17-10-14(18-15)13-8-6-12(7-9-13)11-4-2-1-3-5-11/h6-11H,1-5H2,(H,17,18). The van der Waals surface area contributed by atoms with E-state index in [-0.39, 0.29) is 0 Å². The summed E-state index contributed by atoms with van der Waals surface area (Å²) < 4.78 is 0. The number of halogens is 1. The normalized spacial score (nSPS) is 16.9. The van der Waals surface area contributed by atoms with E-state index in [1.165, 1.54) is 37.7 Å². The summed E-state index contributed by atoms with van der Waals surface area (Å²) in [5.41, 5.74) is 3.60. The summed E-state index contributed by atoms with van der Waals surface area (Å²) >= 11 is 5.80. The highest BCUT2D eigenvalue weighted by Gasteiger charge is 2.15. The van der Waals surface area contributed by atoms with Gasteiger partial charge in [0.15, 0.2) is 5.28 Å². The first-order valence-electron chi connectivity index (χ1n) is 6.64. The third-order valence-electron chi connectivity index (χ3n) is 3.84. The second kappa shape index (κ2) is 5.15. The summed E-state index contributed by atoms with van der Waals surface area (Å²) in [7, 11) is 0. The van der Waals surface area contributed by atoms with Crippen LogP contribution in [0.1, 0.15) is 43.6 Å². The van der Waals surface area contributed by atoms with Crippen molar-refractivity contribution in [1.82, 2.24) is 9.97 Å². The number of H-pyrrole nitrogens is 1. The molecule has 94 valence electrons. The number of nitrogens with zero attached hydrogens (tertiary/aromatic N) is 1. The van der Waals surface area contributed by atoms with Crippen LogP contribution in [-0.2, 0) is 0 Å². The number of aromatic nitrogens is 2. The van der Waals surface area contributed by atoms with Crippen LogP contribution in [0, 0.1) is 0 Å². The van der Waals surface area contributed by atoms with Crippen LogP contribution in [0.15, 0.2) is 30.5 Å². The van der Waals surface area contributed by atoms with E-state index in [0.717, 1.165) is 17.2 Å². The minimum Gasteiger partial charge on any atom is -0.329 e. The third kappa shape index (κ3) is 2.44. The van der Waals surface area contributed by atoms with Gasteiger partial charge in [0.05, 0.1) is 11.9 Å². The molecule has 18 heavy (non-hydrogen) atoms. The van der Waals surface area contributed by atoms with Crippen LogP contribution >= 0.6 is 11.6 Å². The zero-order valence-electron chi connectivity index (χ0n) is 10.3. The fourth-order valence-electron chi connectivity index (χ4n) is 2.81. The molecule has 2 nitrogen and oxygen atoms in total. The lowest BCUT2D eigenvalue weighted by atomic mass is 9.84. The summed E-state index contributed by atoms with van der Waals surface area (Å²) in [6.07, 6.45) is 8.62. The molecule has 0 radical (unpaired) electrons. The molecule has 3 rings (SSSR count). The van der Waals surface area contributed by atoms with Crippen LogP contribution in [0.5, 0.6) is 0 Å². The Labute approximate surface area is 112 Å². The Morgan fingerprint density at radius 3 is 2.39 bits per heavy atom. The first-order valence-corrected chi connectivity index (χ1v) is 7.01. The number of aromatic amines is 1. The maximum absolute atomic E-state index is 5.80. The minimum absolute atomic E-state index is 0.446. The molecule has 0 saturated heterocycles. The molecular weight excluding hydrogens is 244 g/mol. The Balaban J connectivity index is 1.80. The minimum atomic E-state index is 0.446. The maximum Gasteiger partial charge on any atom is 0.200 e. The number of imidazole rings is 1. The van der Waals surface area contributed by atoms with Gasteiger partial charge in [0, 0.05) is 0 Å². The predicted octanol–water partition coefficient (Wildman–Crippen LogP) is 4.78. The molecule has 1 aliphatic carbocycles. The van der Waals surface area contributed by atoms with Crippen LogP contribution in [-0.4, -0.2) is 9.97 Å². The van der Waals surface area contributed by atoms with Gasteiger partial charge in [-0.3, -0.25) is 0 Å². The van der Waals surface area contributed by atoms with E-state index in [0.29, 0.717) is 5.28 Å². The number of hydrogen-bond acceptors (Lipinski definition) is 1. The topological polar surface area (TPSA) is 28.7 Å². The van der Waals surface area contributed by atoms with Gasteiger partial charge in [-0.05, 0) is 41.5 Å². The van der Waals surface area contributed by atoms with Crippen molar-refractivity contribution < 1.29 is 0 Å². The highest BCUT2D eigenvalue weighted by molar-refractivity contribution is 6.28. The van der Waals surface area contributed by atoms with Crippen molar-refractivity contribution in [3.8, 4) is 11.3 Å². The molecule has 1 saturated carbocycles. The lowest BCUT2D eigenvalue weighted by Gasteiger charge is -2.22. The van der Waals surface area contributed by atoms with Crippen molar-refractivity contribution in [1.29, 1.82) is 0 Å². The molecule has 1 fully saturated rings. The Hall–Kier alpha value is -1.28. The second-order valence-electron chi connectivity index (χ2n) is 5.04. The van der Waals surface area contributed by atoms with Crippen molar-refractivity contribution >= 4 is 11.6 Å². The summed E-state index contributed by atoms with van der Waals surface area (Å²) in [6.45, 7) is 0. The van der Waals surface area contributed by atoms with Gasteiger partial charge in [0.2, 0.25) is 0 Å². The van der Waals surface area contributed by atoms with E-state index in [4.69, 9.17) is 11.6 Å². The van der Waals surface area contributed by atoms with E-state index in [1.807, 2.05) is 0 Å². The molecule has 0 unspecified atom stereocenters. The Kier molecular flexibility index (Phi) is 3.37. The van der Waals surface area contributed by atoms with Crippen LogP contribution in [0.25, 0.3) is 11.3 Å². The van der Waals surface area contributed by atoms with E-state index < -0.39 is 0 Å². The van der Waals surface area contributed by atoms with Gasteiger partial charge in [0.1, 0.15) is 0 Å². The largest absolute Gasteiger partial charge is 0.329 e. The molecule has 0 atom stereocenters. The molecule has 2 aromatic rings. The summed E-state index contributed by atoms with van der Waals surface area (Å²) in [6, 6.07) is 8.82. The van der Waals surface area contributed by atoms with E-state index in [9.17, 15) is 0 Å². The van der Waals surface area contributed by atoms with Gasteiger partial charge in [-0.15, -0.1) is 0 Å². The van der Waals surface area contributed by atoms with Crippen LogP contribution in [0.4, 0.5) is 0 Å². The average Bonchev–Trinajstić information content (AvgIpc) is 2.87. The van der Waals surface area contributed by atoms with Gasteiger partial charge in [0.25, 0.3) is 0 Å². The van der Waals surface area contributed by atoms with Crippen molar-refractivity contribution in [2.45, 2.75) is 38.0 Å². The first kappa shape index (κ1) is 11.8. The fraction of sp³-hybridized carbons (Fsp3) is 0.400. The van der Waals surface area contributed by atoms with Gasteiger partial charge < -0.3 is 4.98 Å². The Morgan fingerprint density at radius 2 is 1.78 bits per heavy atom. The number of nitrogens with one attached hydrogen (secondary N) is 1. The first-order chi connectivity index (χ1) is 8.83. The molecule has 3 heteroatoms. The van der Waals surface area contributed by atoms with E-state index in [1.54, 1.807) is 6.20 Å². The molecule has 1 heterocycles. The molecule has 1 aliphatic rings. The lowest BCUT2D eigenvalue weighted by molar-refractivity contribution is 0.443. The van der Waals surface area contributed by atoms with Crippen LogP contribution < -0.4 is 0 Å².